The number of hydrogen-bond donors (Lipinski definition) is 1. The van der Waals surface area contributed by atoms with Gasteiger partial charge in [0.25, 0.3) is 0 Å². The molecule has 0 radical (unpaired) electrons. The van der Waals surface area contributed by atoms with E-state index in [2.05, 4.69) is 0 Å². The lowest BCUT2D eigenvalue weighted by Crippen LogP contribution is -2.01. The SMILES string of the molecule is O=C(O)c1ccc(S(=O)CCCF)cc1. The average molecular weight is 230 g/mol. The highest BCUT2D eigenvalue weighted by Gasteiger charge is 2.06. The van der Waals surface area contributed by atoms with E-state index in [-0.39, 0.29) is 17.7 Å². The molecule has 1 atom stereocenters. The zero-order valence-corrected chi connectivity index (χ0v) is 8.80. The van der Waals surface area contributed by atoms with Gasteiger partial charge in [-0.05, 0) is 30.7 Å². The predicted molar refractivity (Wildman–Crippen MR) is 55.3 cm³/mol. The van der Waals surface area contributed by atoms with Gasteiger partial charge in [-0.1, -0.05) is 0 Å². The van der Waals surface area contributed by atoms with Gasteiger partial charge in [0.15, 0.2) is 0 Å². The Kier molecular flexibility index (Phi) is 4.42. The van der Waals surface area contributed by atoms with Crippen LogP contribution in [-0.4, -0.2) is 27.7 Å². The van der Waals surface area contributed by atoms with Crippen LogP contribution in [0.5, 0.6) is 0 Å². The fourth-order valence-corrected chi connectivity index (χ4v) is 2.10. The van der Waals surface area contributed by atoms with Crippen molar-refractivity contribution >= 4 is 16.8 Å². The number of halogens is 1. The summed E-state index contributed by atoms with van der Waals surface area (Å²) in [6.45, 7) is -0.487. The Hall–Kier alpha value is -1.23. The highest BCUT2D eigenvalue weighted by atomic mass is 32.2. The summed E-state index contributed by atoms with van der Waals surface area (Å²) in [6.07, 6.45) is 0.257. The van der Waals surface area contributed by atoms with Crippen molar-refractivity contribution in [1.82, 2.24) is 0 Å². The predicted octanol–water partition coefficient (Wildman–Crippen LogP) is 1.85. The molecule has 0 saturated heterocycles. The lowest BCUT2D eigenvalue weighted by atomic mass is 10.2. The summed E-state index contributed by atoms with van der Waals surface area (Å²) in [5.74, 6) is -0.751. The number of rotatable bonds is 5. The Labute approximate surface area is 89.4 Å². The standard InChI is InChI=1S/C10H11FO3S/c11-6-1-7-15(14)9-4-2-8(3-5-9)10(12)13/h2-5H,1,6-7H2,(H,12,13). The quantitative estimate of drug-likeness (QED) is 0.839. The molecule has 0 aliphatic rings. The van der Waals surface area contributed by atoms with E-state index in [1.54, 1.807) is 0 Å². The van der Waals surface area contributed by atoms with E-state index in [0.29, 0.717) is 4.90 Å². The van der Waals surface area contributed by atoms with Gasteiger partial charge in [-0.15, -0.1) is 0 Å². The van der Waals surface area contributed by atoms with Crippen LogP contribution in [0.15, 0.2) is 29.2 Å². The lowest BCUT2D eigenvalue weighted by molar-refractivity contribution is 0.0697. The topological polar surface area (TPSA) is 54.4 Å². The maximum absolute atomic E-state index is 11.8. The van der Waals surface area contributed by atoms with E-state index in [1.807, 2.05) is 0 Å². The first kappa shape index (κ1) is 11.8. The van der Waals surface area contributed by atoms with Crippen LogP contribution < -0.4 is 0 Å². The van der Waals surface area contributed by atoms with Crippen LogP contribution in [0.1, 0.15) is 16.8 Å². The summed E-state index contributed by atoms with van der Waals surface area (Å²) < 4.78 is 23.3. The molecule has 5 heteroatoms. The van der Waals surface area contributed by atoms with Gasteiger partial charge >= 0.3 is 5.97 Å². The molecule has 0 saturated carbocycles. The largest absolute Gasteiger partial charge is 0.478 e. The molecule has 3 nitrogen and oxygen atoms in total. The van der Waals surface area contributed by atoms with E-state index >= 15 is 0 Å². The van der Waals surface area contributed by atoms with Gasteiger partial charge in [-0.2, -0.15) is 0 Å². The summed E-state index contributed by atoms with van der Waals surface area (Å²) in [6, 6.07) is 5.78. The molecule has 82 valence electrons. The Morgan fingerprint density at radius 2 is 1.93 bits per heavy atom. The first-order valence-electron chi connectivity index (χ1n) is 4.43. The third-order valence-electron chi connectivity index (χ3n) is 1.83. The summed E-state index contributed by atoms with van der Waals surface area (Å²) in [7, 11) is -1.24. The number of alkyl halides is 1. The average Bonchev–Trinajstić information content (AvgIpc) is 2.26. The molecule has 1 N–H and O–H groups in total. The van der Waals surface area contributed by atoms with Gasteiger partial charge in [0.1, 0.15) is 0 Å². The normalized spacial score (nSPS) is 12.3. The van der Waals surface area contributed by atoms with E-state index in [0.717, 1.165) is 0 Å². The fraction of sp³-hybridized carbons (Fsp3) is 0.300. The summed E-state index contributed by atoms with van der Waals surface area (Å²) in [5, 5.41) is 8.63. The maximum atomic E-state index is 11.8. The van der Waals surface area contributed by atoms with Crippen LogP contribution >= 0.6 is 0 Å². The van der Waals surface area contributed by atoms with E-state index in [4.69, 9.17) is 5.11 Å². The second-order valence-electron chi connectivity index (χ2n) is 2.92. The van der Waals surface area contributed by atoms with Gasteiger partial charge in [0.05, 0.1) is 23.0 Å². The molecule has 1 unspecified atom stereocenters. The van der Waals surface area contributed by atoms with Crippen molar-refractivity contribution in [3.63, 3.8) is 0 Å². The van der Waals surface area contributed by atoms with Crippen molar-refractivity contribution in [2.24, 2.45) is 0 Å². The third kappa shape index (κ3) is 3.43. The number of benzene rings is 1. The molecular formula is C10H11FO3S. The van der Waals surface area contributed by atoms with E-state index < -0.39 is 23.4 Å². The van der Waals surface area contributed by atoms with Crippen molar-refractivity contribution in [3.8, 4) is 0 Å². The second kappa shape index (κ2) is 5.60. The van der Waals surface area contributed by atoms with Gasteiger partial charge in [0, 0.05) is 10.6 Å². The number of aromatic carboxylic acids is 1. The molecule has 15 heavy (non-hydrogen) atoms. The molecule has 0 spiro atoms. The van der Waals surface area contributed by atoms with E-state index in [1.165, 1.54) is 24.3 Å². The Morgan fingerprint density at radius 1 is 1.33 bits per heavy atom. The smallest absolute Gasteiger partial charge is 0.335 e. The summed E-state index contributed by atoms with van der Waals surface area (Å²) >= 11 is 0. The van der Waals surface area contributed by atoms with Crippen molar-refractivity contribution in [1.29, 1.82) is 0 Å². The molecule has 0 fully saturated rings. The van der Waals surface area contributed by atoms with Gasteiger partial charge < -0.3 is 5.11 Å². The minimum absolute atomic E-state index is 0.154. The fourth-order valence-electron chi connectivity index (χ4n) is 1.05. The number of hydrogen-bond acceptors (Lipinski definition) is 2. The first-order chi connectivity index (χ1) is 7.15. The number of carboxylic acid groups (broad SMARTS) is 1. The maximum Gasteiger partial charge on any atom is 0.335 e. The molecule has 0 aliphatic carbocycles. The Balaban J connectivity index is 2.71. The van der Waals surface area contributed by atoms with Gasteiger partial charge in [-0.25, -0.2) is 4.79 Å². The summed E-state index contributed by atoms with van der Waals surface area (Å²) in [4.78, 5) is 11.1. The van der Waals surface area contributed by atoms with Gasteiger partial charge in [-0.3, -0.25) is 8.60 Å². The zero-order chi connectivity index (χ0) is 11.3. The van der Waals surface area contributed by atoms with Crippen LogP contribution in [0.4, 0.5) is 4.39 Å². The van der Waals surface area contributed by atoms with Crippen LogP contribution in [0.25, 0.3) is 0 Å². The molecular weight excluding hydrogens is 219 g/mol. The molecule has 1 aromatic rings. The van der Waals surface area contributed by atoms with Crippen molar-refractivity contribution in [2.75, 3.05) is 12.4 Å². The van der Waals surface area contributed by atoms with Crippen LogP contribution in [0.2, 0.25) is 0 Å². The highest BCUT2D eigenvalue weighted by molar-refractivity contribution is 7.85. The lowest BCUT2D eigenvalue weighted by Gasteiger charge is -2.01. The highest BCUT2D eigenvalue weighted by Crippen LogP contribution is 2.09. The zero-order valence-electron chi connectivity index (χ0n) is 7.98. The molecule has 1 aromatic carbocycles. The van der Waals surface area contributed by atoms with E-state index in [9.17, 15) is 13.4 Å². The van der Waals surface area contributed by atoms with Crippen LogP contribution in [-0.2, 0) is 10.8 Å². The summed E-state index contributed by atoms with van der Waals surface area (Å²) in [5.41, 5.74) is 0.154. The van der Waals surface area contributed by atoms with Crippen LogP contribution in [0, 0.1) is 0 Å². The minimum Gasteiger partial charge on any atom is -0.478 e. The minimum atomic E-state index is -1.24. The first-order valence-corrected chi connectivity index (χ1v) is 5.74. The third-order valence-corrected chi connectivity index (χ3v) is 3.28. The molecule has 0 bridgehead atoms. The van der Waals surface area contributed by atoms with Gasteiger partial charge in [0.2, 0.25) is 0 Å². The van der Waals surface area contributed by atoms with Crippen molar-refractivity contribution < 1.29 is 18.5 Å². The molecule has 1 rings (SSSR count). The van der Waals surface area contributed by atoms with Crippen molar-refractivity contribution in [2.45, 2.75) is 11.3 Å². The van der Waals surface area contributed by atoms with Crippen LogP contribution in [0.3, 0.4) is 0 Å². The molecule has 0 amide bonds. The number of carbonyl (C=O) groups is 1. The second-order valence-corrected chi connectivity index (χ2v) is 4.49. The molecule has 0 aliphatic heterocycles. The number of carboxylic acids is 1. The molecule has 0 aromatic heterocycles. The Morgan fingerprint density at radius 3 is 2.40 bits per heavy atom. The van der Waals surface area contributed by atoms with Crippen molar-refractivity contribution in [3.05, 3.63) is 29.8 Å². The monoisotopic (exact) mass is 230 g/mol. The Bertz CT molecular complexity index is 361. The molecule has 0 heterocycles.